The molecule has 1 nitrogen and oxygen atoms in total. The quantitative estimate of drug-likeness (QED) is 0.877. The molecule has 0 radical (unpaired) electrons. The highest BCUT2D eigenvalue weighted by molar-refractivity contribution is 9.10. The predicted molar refractivity (Wildman–Crippen MR) is 68.0 cm³/mol. The highest BCUT2D eigenvalue weighted by atomic mass is 79.9. The molecule has 1 aromatic rings. The summed E-state index contributed by atoms with van der Waals surface area (Å²) in [6.07, 6.45) is 4.81. The molecule has 1 aliphatic heterocycles. The molecule has 2 rings (SSSR count). The van der Waals surface area contributed by atoms with Gasteiger partial charge in [-0.25, -0.2) is 4.39 Å². The number of rotatable bonds is 2. The normalized spacial score (nSPS) is 21.8. The largest absolute Gasteiger partial charge is 0.317 e. The Bertz CT molecular complexity index is 346. The predicted octanol–water partition coefficient (Wildman–Crippen LogP) is 3.52. The van der Waals surface area contributed by atoms with Crippen molar-refractivity contribution in [3.63, 3.8) is 0 Å². The Morgan fingerprint density at radius 3 is 3.00 bits per heavy atom. The van der Waals surface area contributed by atoms with Crippen molar-refractivity contribution in [2.75, 3.05) is 13.1 Å². The summed E-state index contributed by atoms with van der Waals surface area (Å²) in [6, 6.07) is 5.01. The Labute approximate surface area is 105 Å². The fourth-order valence-corrected chi connectivity index (χ4v) is 2.81. The zero-order valence-corrected chi connectivity index (χ0v) is 10.9. The molecular formula is C13H17BrFN. The monoisotopic (exact) mass is 285 g/mol. The van der Waals surface area contributed by atoms with E-state index in [1.807, 2.05) is 6.07 Å². The summed E-state index contributed by atoms with van der Waals surface area (Å²) in [5.41, 5.74) is 1.23. The summed E-state index contributed by atoms with van der Waals surface area (Å²) < 4.78 is 13.9. The highest BCUT2D eigenvalue weighted by Crippen LogP contribution is 2.25. The first-order chi connectivity index (χ1) is 7.75. The zero-order valence-electron chi connectivity index (χ0n) is 9.31. The van der Waals surface area contributed by atoms with Crippen LogP contribution in [0, 0.1) is 11.7 Å². The molecule has 1 atom stereocenters. The average Bonchev–Trinajstić information content (AvgIpc) is 2.51. The second-order valence-corrected chi connectivity index (χ2v) is 5.34. The van der Waals surface area contributed by atoms with Crippen LogP contribution in [0.3, 0.4) is 0 Å². The number of halogens is 2. The smallest absolute Gasteiger partial charge is 0.124 e. The minimum absolute atomic E-state index is 0.168. The first-order valence-electron chi connectivity index (χ1n) is 5.90. The maximum atomic E-state index is 13.0. The van der Waals surface area contributed by atoms with Crippen LogP contribution < -0.4 is 5.32 Å². The second-order valence-electron chi connectivity index (χ2n) is 4.49. The van der Waals surface area contributed by atoms with Gasteiger partial charge in [0, 0.05) is 4.47 Å². The SMILES string of the molecule is Fc1ccc(CC2CCCNCC2)c(Br)c1. The van der Waals surface area contributed by atoms with Crippen molar-refractivity contribution >= 4 is 15.9 Å². The summed E-state index contributed by atoms with van der Waals surface area (Å²) in [5, 5.41) is 3.42. The number of hydrogen-bond acceptors (Lipinski definition) is 1. The van der Waals surface area contributed by atoms with Crippen LogP contribution in [0.25, 0.3) is 0 Å². The van der Waals surface area contributed by atoms with E-state index in [2.05, 4.69) is 21.2 Å². The third-order valence-corrected chi connectivity index (χ3v) is 3.96. The van der Waals surface area contributed by atoms with Gasteiger partial charge in [0.1, 0.15) is 5.82 Å². The van der Waals surface area contributed by atoms with Crippen LogP contribution in [0.4, 0.5) is 4.39 Å². The standard InChI is InChI=1S/C13H17BrFN/c14-13-9-12(15)4-3-11(13)8-10-2-1-6-16-7-5-10/h3-4,9-10,16H,1-2,5-8H2. The van der Waals surface area contributed by atoms with E-state index < -0.39 is 0 Å². The Morgan fingerprint density at radius 1 is 1.31 bits per heavy atom. The second kappa shape index (κ2) is 5.78. The third-order valence-electron chi connectivity index (χ3n) is 3.22. The van der Waals surface area contributed by atoms with Crippen molar-refractivity contribution in [3.8, 4) is 0 Å². The Morgan fingerprint density at radius 2 is 2.19 bits per heavy atom. The summed E-state index contributed by atoms with van der Waals surface area (Å²) in [7, 11) is 0. The first-order valence-corrected chi connectivity index (χ1v) is 6.69. The molecule has 0 aliphatic carbocycles. The summed E-state index contributed by atoms with van der Waals surface area (Å²) >= 11 is 3.44. The van der Waals surface area contributed by atoms with E-state index in [9.17, 15) is 4.39 Å². The lowest BCUT2D eigenvalue weighted by Gasteiger charge is -2.14. The van der Waals surface area contributed by atoms with Gasteiger partial charge in [-0.3, -0.25) is 0 Å². The number of hydrogen-bond donors (Lipinski definition) is 1. The Hall–Kier alpha value is -0.410. The van der Waals surface area contributed by atoms with Crippen LogP contribution in [-0.4, -0.2) is 13.1 Å². The minimum atomic E-state index is -0.168. The number of nitrogens with one attached hydrogen (secondary N) is 1. The molecule has 0 saturated carbocycles. The van der Waals surface area contributed by atoms with E-state index >= 15 is 0 Å². The summed E-state index contributed by atoms with van der Waals surface area (Å²) in [4.78, 5) is 0. The van der Waals surface area contributed by atoms with Gasteiger partial charge in [0.05, 0.1) is 0 Å². The molecule has 1 fully saturated rings. The van der Waals surface area contributed by atoms with Gasteiger partial charge in [0.25, 0.3) is 0 Å². The van der Waals surface area contributed by atoms with Gasteiger partial charge >= 0.3 is 0 Å². The highest BCUT2D eigenvalue weighted by Gasteiger charge is 2.14. The van der Waals surface area contributed by atoms with Crippen molar-refractivity contribution in [1.82, 2.24) is 5.32 Å². The van der Waals surface area contributed by atoms with Crippen LogP contribution in [0.15, 0.2) is 22.7 Å². The maximum Gasteiger partial charge on any atom is 0.124 e. The first kappa shape index (κ1) is 12.1. The van der Waals surface area contributed by atoms with Gasteiger partial charge in [0.15, 0.2) is 0 Å². The van der Waals surface area contributed by atoms with E-state index in [0.29, 0.717) is 0 Å². The van der Waals surface area contributed by atoms with Crippen LogP contribution in [-0.2, 0) is 6.42 Å². The van der Waals surface area contributed by atoms with Gasteiger partial charge < -0.3 is 5.32 Å². The average molecular weight is 286 g/mol. The van der Waals surface area contributed by atoms with Crippen LogP contribution in [0.1, 0.15) is 24.8 Å². The fourth-order valence-electron chi connectivity index (χ4n) is 2.29. The van der Waals surface area contributed by atoms with Crippen LogP contribution in [0.2, 0.25) is 0 Å². The van der Waals surface area contributed by atoms with Gasteiger partial charge in [0.2, 0.25) is 0 Å². The molecule has 1 saturated heterocycles. The molecule has 0 amide bonds. The van der Waals surface area contributed by atoms with E-state index in [4.69, 9.17) is 0 Å². The van der Waals surface area contributed by atoms with E-state index in [-0.39, 0.29) is 5.82 Å². The molecule has 1 aliphatic rings. The molecule has 0 spiro atoms. The molecule has 1 unspecified atom stereocenters. The summed E-state index contributed by atoms with van der Waals surface area (Å²) in [6.45, 7) is 2.25. The van der Waals surface area contributed by atoms with Crippen molar-refractivity contribution in [2.45, 2.75) is 25.7 Å². The molecule has 3 heteroatoms. The van der Waals surface area contributed by atoms with E-state index in [0.717, 1.165) is 29.9 Å². The van der Waals surface area contributed by atoms with Gasteiger partial charge in [-0.2, -0.15) is 0 Å². The summed E-state index contributed by atoms with van der Waals surface area (Å²) in [5.74, 6) is 0.565. The van der Waals surface area contributed by atoms with Crippen molar-refractivity contribution < 1.29 is 4.39 Å². The van der Waals surface area contributed by atoms with E-state index in [1.54, 1.807) is 12.1 Å². The third kappa shape index (κ3) is 3.29. The fraction of sp³-hybridized carbons (Fsp3) is 0.538. The lowest BCUT2D eigenvalue weighted by atomic mass is 9.93. The van der Waals surface area contributed by atoms with Crippen molar-refractivity contribution in [3.05, 3.63) is 34.1 Å². The van der Waals surface area contributed by atoms with Crippen molar-refractivity contribution in [1.29, 1.82) is 0 Å². The molecule has 0 aromatic heterocycles. The van der Waals surface area contributed by atoms with Gasteiger partial charge in [-0.05, 0) is 62.4 Å². The molecule has 0 bridgehead atoms. The molecule has 16 heavy (non-hydrogen) atoms. The Balaban J connectivity index is 2.01. The molecule has 88 valence electrons. The van der Waals surface area contributed by atoms with Crippen LogP contribution in [0.5, 0.6) is 0 Å². The lowest BCUT2D eigenvalue weighted by molar-refractivity contribution is 0.469. The topological polar surface area (TPSA) is 12.0 Å². The van der Waals surface area contributed by atoms with Gasteiger partial charge in [-0.1, -0.05) is 22.0 Å². The van der Waals surface area contributed by atoms with Gasteiger partial charge in [-0.15, -0.1) is 0 Å². The lowest BCUT2D eigenvalue weighted by Crippen LogP contribution is -2.14. The zero-order chi connectivity index (χ0) is 11.4. The van der Waals surface area contributed by atoms with E-state index in [1.165, 1.54) is 24.8 Å². The molecule has 1 heterocycles. The molecule has 1 aromatic carbocycles. The number of benzene rings is 1. The maximum absolute atomic E-state index is 13.0. The van der Waals surface area contributed by atoms with Crippen LogP contribution >= 0.6 is 15.9 Å². The minimum Gasteiger partial charge on any atom is -0.317 e. The Kier molecular flexibility index (Phi) is 4.36. The molecule has 1 N–H and O–H groups in total. The van der Waals surface area contributed by atoms with Crippen molar-refractivity contribution in [2.24, 2.45) is 5.92 Å². The molecular weight excluding hydrogens is 269 g/mol.